The molecule has 1 N–H and O–H groups in total. The van der Waals surface area contributed by atoms with Crippen LogP contribution in [0.1, 0.15) is 38.2 Å². The summed E-state index contributed by atoms with van der Waals surface area (Å²) < 4.78 is 5.60. The third kappa shape index (κ3) is 2.44. The second-order valence-electron chi connectivity index (χ2n) is 4.60. The lowest BCUT2D eigenvalue weighted by atomic mass is 10.0. The lowest BCUT2D eigenvalue weighted by molar-refractivity contribution is 0.283. The van der Waals surface area contributed by atoms with Gasteiger partial charge in [-0.3, -0.25) is 0 Å². The van der Waals surface area contributed by atoms with Crippen LogP contribution in [0.15, 0.2) is 18.2 Å². The first-order valence-corrected chi connectivity index (χ1v) is 5.63. The standard InChI is InChI=1S/C13H18O2/c1-9(2)11-4-3-5-12(13(11)14)15-8-10-6-7-10/h3-5,9-10,14H,6-8H2,1-2H3. The molecule has 1 aromatic rings. The maximum absolute atomic E-state index is 9.97. The van der Waals surface area contributed by atoms with Crippen molar-refractivity contribution in [2.24, 2.45) is 5.92 Å². The topological polar surface area (TPSA) is 29.5 Å². The fraction of sp³-hybridized carbons (Fsp3) is 0.538. The maximum atomic E-state index is 9.97. The number of rotatable bonds is 4. The molecule has 2 rings (SSSR count). The summed E-state index contributed by atoms with van der Waals surface area (Å²) in [5.74, 6) is 1.99. The van der Waals surface area contributed by atoms with Gasteiger partial charge in [0.2, 0.25) is 0 Å². The Bertz CT molecular complexity index is 340. The lowest BCUT2D eigenvalue weighted by Gasteiger charge is -2.12. The SMILES string of the molecule is CC(C)c1cccc(OCC2CC2)c1O. The Kier molecular flexibility index (Phi) is 2.85. The number of hydrogen-bond donors (Lipinski definition) is 1. The van der Waals surface area contributed by atoms with E-state index in [2.05, 4.69) is 13.8 Å². The zero-order valence-corrected chi connectivity index (χ0v) is 9.36. The van der Waals surface area contributed by atoms with E-state index in [1.165, 1.54) is 12.8 Å². The zero-order valence-electron chi connectivity index (χ0n) is 9.36. The third-order valence-corrected chi connectivity index (χ3v) is 2.82. The molecule has 0 atom stereocenters. The van der Waals surface area contributed by atoms with Crippen molar-refractivity contribution in [3.05, 3.63) is 23.8 Å². The van der Waals surface area contributed by atoms with Gasteiger partial charge in [0.1, 0.15) is 0 Å². The first-order chi connectivity index (χ1) is 7.18. The summed E-state index contributed by atoms with van der Waals surface area (Å²) in [6, 6.07) is 5.73. The first-order valence-electron chi connectivity index (χ1n) is 5.63. The monoisotopic (exact) mass is 206 g/mol. The van der Waals surface area contributed by atoms with Crippen molar-refractivity contribution in [2.45, 2.75) is 32.6 Å². The van der Waals surface area contributed by atoms with E-state index in [9.17, 15) is 5.11 Å². The molecule has 0 radical (unpaired) electrons. The highest BCUT2D eigenvalue weighted by Crippen LogP contribution is 2.36. The van der Waals surface area contributed by atoms with E-state index in [0.717, 1.165) is 12.2 Å². The van der Waals surface area contributed by atoms with Gasteiger partial charge < -0.3 is 9.84 Å². The average molecular weight is 206 g/mol. The van der Waals surface area contributed by atoms with Gasteiger partial charge >= 0.3 is 0 Å². The predicted octanol–water partition coefficient (Wildman–Crippen LogP) is 3.30. The molecule has 0 unspecified atom stereocenters. The largest absolute Gasteiger partial charge is 0.504 e. The molecule has 82 valence electrons. The van der Waals surface area contributed by atoms with Crippen molar-refractivity contribution in [3.8, 4) is 11.5 Å². The number of hydrogen-bond acceptors (Lipinski definition) is 2. The van der Waals surface area contributed by atoms with Gasteiger partial charge in [-0.05, 0) is 30.7 Å². The molecule has 2 heteroatoms. The number of phenols is 1. The van der Waals surface area contributed by atoms with Crippen LogP contribution < -0.4 is 4.74 Å². The zero-order chi connectivity index (χ0) is 10.8. The maximum Gasteiger partial charge on any atom is 0.161 e. The van der Waals surface area contributed by atoms with Gasteiger partial charge in [0, 0.05) is 5.56 Å². The van der Waals surface area contributed by atoms with Gasteiger partial charge in [-0.2, -0.15) is 0 Å². The highest BCUT2D eigenvalue weighted by molar-refractivity contribution is 5.46. The first kappa shape index (κ1) is 10.3. The van der Waals surface area contributed by atoms with E-state index in [0.29, 0.717) is 23.3 Å². The van der Waals surface area contributed by atoms with Crippen LogP contribution in [0.5, 0.6) is 11.5 Å². The van der Waals surface area contributed by atoms with E-state index in [1.54, 1.807) is 0 Å². The average Bonchev–Trinajstić information content (AvgIpc) is 2.99. The van der Waals surface area contributed by atoms with Gasteiger partial charge in [-0.25, -0.2) is 0 Å². The van der Waals surface area contributed by atoms with Gasteiger partial charge in [0.15, 0.2) is 11.5 Å². The quantitative estimate of drug-likeness (QED) is 0.819. The van der Waals surface area contributed by atoms with Gasteiger partial charge in [-0.15, -0.1) is 0 Å². The van der Waals surface area contributed by atoms with E-state index < -0.39 is 0 Å². The second kappa shape index (κ2) is 4.13. The van der Waals surface area contributed by atoms with Crippen LogP contribution in [-0.2, 0) is 0 Å². The number of phenolic OH excluding ortho intramolecular Hbond substituents is 1. The summed E-state index contributed by atoms with van der Waals surface area (Å²) in [6.07, 6.45) is 2.54. The molecule has 1 aromatic carbocycles. The number of aromatic hydroxyl groups is 1. The van der Waals surface area contributed by atoms with Crippen molar-refractivity contribution < 1.29 is 9.84 Å². The minimum absolute atomic E-state index is 0.313. The van der Waals surface area contributed by atoms with Crippen molar-refractivity contribution in [2.75, 3.05) is 6.61 Å². The van der Waals surface area contributed by atoms with Crippen molar-refractivity contribution >= 4 is 0 Å². The van der Waals surface area contributed by atoms with Gasteiger partial charge in [0.25, 0.3) is 0 Å². The Morgan fingerprint density at radius 3 is 2.73 bits per heavy atom. The number of benzene rings is 1. The summed E-state index contributed by atoms with van der Waals surface area (Å²) in [5, 5.41) is 9.97. The van der Waals surface area contributed by atoms with Crippen LogP contribution in [0.3, 0.4) is 0 Å². The fourth-order valence-corrected chi connectivity index (χ4v) is 1.61. The molecule has 1 saturated carbocycles. The molecular formula is C13H18O2. The Balaban J connectivity index is 2.11. The van der Waals surface area contributed by atoms with Crippen LogP contribution in [-0.4, -0.2) is 11.7 Å². The molecule has 0 spiro atoms. The van der Waals surface area contributed by atoms with E-state index >= 15 is 0 Å². The molecule has 1 aliphatic rings. The fourth-order valence-electron chi connectivity index (χ4n) is 1.61. The van der Waals surface area contributed by atoms with Gasteiger partial charge in [-0.1, -0.05) is 26.0 Å². The molecule has 2 nitrogen and oxygen atoms in total. The molecule has 0 aromatic heterocycles. The Morgan fingerprint density at radius 2 is 2.13 bits per heavy atom. The molecule has 15 heavy (non-hydrogen) atoms. The molecule has 1 fully saturated rings. The molecular weight excluding hydrogens is 188 g/mol. The summed E-state index contributed by atoms with van der Waals surface area (Å²) in [5.41, 5.74) is 0.961. The number of ether oxygens (including phenoxy) is 1. The van der Waals surface area contributed by atoms with Crippen LogP contribution in [0.4, 0.5) is 0 Å². The van der Waals surface area contributed by atoms with Crippen molar-refractivity contribution in [3.63, 3.8) is 0 Å². The van der Waals surface area contributed by atoms with Crippen LogP contribution >= 0.6 is 0 Å². The smallest absolute Gasteiger partial charge is 0.161 e. The summed E-state index contributed by atoms with van der Waals surface area (Å²) >= 11 is 0. The highest BCUT2D eigenvalue weighted by Gasteiger charge is 2.22. The van der Waals surface area contributed by atoms with Gasteiger partial charge in [0.05, 0.1) is 6.61 Å². The van der Waals surface area contributed by atoms with Crippen molar-refractivity contribution in [1.82, 2.24) is 0 Å². The third-order valence-electron chi connectivity index (χ3n) is 2.82. The number of para-hydroxylation sites is 1. The summed E-state index contributed by atoms with van der Waals surface area (Å²) in [4.78, 5) is 0. The van der Waals surface area contributed by atoms with Crippen LogP contribution in [0, 0.1) is 5.92 Å². The van der Waals surface area contributed by atoms with Crippen LogP contribution in [0.2, 0.25) is 0 Å². The molecule has 0 bridgehead atoms. The molecule has 0 aliphatic heterocycles. The molecule has 1 aliphatic carbocycles. The minimum Gasteiger partial charge on any atom is -0.504 e. The molecule has 0 amide bonds. The molecule has 0 heterocycles. The normalized spacial score (nSPS) is 15.7. The van der Waals surface area contributed by atoms with E-state index in [4.69, 9.17) is 4.74 Å². The Hall–Kier alpha value is -1.18. The van der Waals surface area contributed by atoms with E-state index in [-0.39, 0.29) is 0 Å². The minimum atomic E-state index is 0.313. The van der Waals surface area contributed by atoms with Crippen molar-refractivity contribution in [1.29, 1.82) is 0 Å². The second-order valence-corrected chi connectivity index (χ2v) is 4.60. The molecule has 0 saturated heterocycles. The lowest BCUT2D eigenvalue weighted by Crippen LogP contribution is -2.00. The summed E-state index contributed by atoms with van der Waals surface area (Å²) in [7, 11) is 0. The summed E-state index contributed by atoms with van der Waals surface area (Å²) in [6.45, 7) is 4.88. The Labute approximate surface area is 90.9 Å². The predicted molar refractivity (Wildman–Crippen MR) is 60.4 cm³/mol. The van der Waals surface area contributed by atoms with Crippen LogP contribution in [0.25, 0.3) is 0 Å². The Morgan fingerprint density at radius 1 is 1.40 bits per heavy atom. The highest BCUT2D eigenvalue weighted by atomic mass is 16.5. The van der Waals surface area contributed by atoms with E-state index in [1.807, 2.05) is 18.2 Å².